The van der Waals surface area contributed by atoms with E-state index in [1.165, 1.54) is 0 Å². The first-order valence-corrected chi connectivity index (χ1v) is 5.22. The Labute approximate surface area is 99.8 Å². The van der Waals surface area contributed by atoms with Crippen LogP contribution in [0.1, 0.15) is 24.9 Å². The molecule has 1 aromatic rings. The largest absolute Gasteiger partial charge is 0.408 e. The van der Waals surface area contributed by atoms with Crippen LogP contribution in [0, 0.1) is 17.5 Å². The number of halogens is 6. The van der Waals surface area contributed by atoms with E-state index in [2.05, 4.69) is 0 Å². The second-order valence-corrected chi connectivity index (χ2v) is 3.71. The Morgan fingerprint density at radius 2 is 1.61 bits per heavy atom. The zero-order valence-corrected chi connectivity index (χ0v) is 9.41. The van der Waals surface area contributed by atoms with Crippen LogP contribution in [0.3, 0.4) is 0 Å². The van der Waals surface area contributed by atoms with Gasteiger partial charge in [0.2, 0.25) is 0 Å². The second-order valence-electron chi connectivity index (χ2n) is 3.71. The van der Waals surface area contributed by atoms with Gasteiger partial charge < -0.3 is 5.32 Å². The molecule has 1 rings (SSSR count). The first-order valence-electron chi connectivity index (χ1n) is 5.22. The van der Waals surface area contributed by atoms with Gasteiger partial charge in [-0.25, -0.2) is 13.2 Å². The summed E-state index contributed by atoms with van der Waals surface area (Å²) >= 11 is 0. The van der Waals surface area contributed by atoms with E-state index >= 15 is 0 Å². The molecule has 0 bridgehead atoms. The predicted molar refractivity (Wildman–Crippen MR) is 53.4 cm³/mol. The van der Waals surface area contributed by atoms with E-state index in [0.29, 0.717) is 6.42 Å². The van der Waals surface area contributed by atoms with Crippen molar-refractivity contribution in [2.45, 2.75) is 25.6 Å². The highest BCUT2D eigenvalue weighted by atomic mass is 19.4. The second kappa shape index (κ2) is 5.60. The highest BCUT2D eigenvalue weighted by Gasteiger charge is 2.43. The predicted octanol–water partition coefficient (Wildman–Crippen LogP) is 3.71. The normalized spacial score (nSPS) is 13.7. The maximum Gasteiger partial charge on any atom is 0.408 e. The Bertz CT molecular complexity index is 391. The minimum atomic E-state index is -4.87. The summed E-state index contributed by atoms with van der Waals surface area (Å²) in [6.07, 6.45) is -4.51. The molecule has 18 heavy (non-hydrogen) atoms. The fourth-order valence-corrected chi connectivity index (χ4v) is 1.50. The smallest absolute Gasteiger partial charge is 0.302 e. The van der Waals surface area contributed by atoms with Crippen LogP contribution >= 0.6 is 0 Å². The van der Waals surface area contributed by atoms with Gasteiger partial charge in [0.1, 0.15) is 23.5 Å². The molecule has 0 spiro atoms. The topological polar surface area (TPSA) is 12.0 Å². The summed E-state index contributed by atoms with van der Waals surface area (Å²) in [5.41, 5.74) is -1.21. The van der Waals surface area contributed by atoms with E-state index in [0.717, 1.165) is 0 Å². The molecule has 0 aromatic heterocycles. The molecule has 1 atom stereocenters. The zero-order chi connectivity index (χ0) is 13.9. The van der Waals surface area contributed by atoms with Crippen molar-refractivity contribution in [1.29, 1.82) is 0 Å². The molecule has 1 nitrogen and oxygen atoms in total. The van der Waals surface area contributed by atoms with Gasteiger partial charge in [0.15, 0.2) is 0 Å². The number of alkyl halides is 3. The number of nitrogens with one attached hydrogen (secondary N) is 1. The molecule has 1 unspecified atom stereocenters. The molecule has 7 heteroatoms. The lowest BCUT2D eigenvalue weighted by Gasteiger charge is -2.22. The summed E-state index contributed by atoms with van der Waals surface area (Å²) in [4.78, 5) is 0. The Morgan fingerprint density at radius 1 is 1.11 bits per heavy atom. The van der Waals surface area contributed by atoms with Crippen molar-refractivity contribution in [3.05, 3.63) is 35.1 Å². The first kappa shape index (κ1) is 14.8. The Hall–Kier alpha value is -1.24. The number of hydrogen-bond donors (Lipinski definition) is 1. The van der Waals surface area contributed by atoms with Crippen LogP contribution in [-0.2, 0) is 0 Å². The third-order valence-corrected chi connectivity index (χ3v) is 2.26. The van der Waals surface area contributed by atoms with Crippen molar-refractivity contribution in [2.24, 2.45) is 0 Å². The van der Waals surface area contributed by atoms with Crippen molar-refractivity contribution < 1.29 is 26.3 Å². The SMILES string of the molecule is CCCNC(c1c(F)cc(F)cc1F)C(F)(F)F. The van der Waals surface area contributed by atoms with Gasteiger partial charge in [-0.05, 0) is 13.0 Å². The minimum Gasteiger partial charge on any atom is -0.302 e. The standard InChI is InChI=1S/C11H11F6N/c1-2-3-18-10(11(15,16)17)9-7(13)4-6(12)5-8(9)14/h4-5,10,18H,2-3H2,1H3. The fourth-order valence-electron chi connectivity index (χ4n) is 1.50. The van der Waals surface area contributed by atoms with E-state index in [1.54, 1.807) is 6.92 Å². The number of rotatable bonds is 4. The Balaban J connectivity index is 3.21. The molecule has 1 aromatic carbocycles. The van der Waals surface area contributed by atoms with E-state index in [-0.39, 0.29) is 18.7 Å². The molecule has 0 saturated carbocycles. The lowest BCUT2D eigenvalue weighted by Crippen LogP contribution is -2.36. The van der Waals surface area contributed by atoms with E-state index in [1.807, 2.05) is 5.32 Å². The molecule has 0 fully saturated rings. The molecule has 102 valence electrons. The van der Waals surface area contributed by atoms with E-state index in [4.69, 9.17) is 0 Å². The summed E-state index contributed by atoms with van der Waals surface area (Å²) in [5.74, 6) is -4.37. The van der Waals surface area contributed by atoms with E-state index in [9.17, 15) is 26.3 Å². The average Bonchev–Trinajstić information content (AvgIpc) is 2.19. The molecule has 0 heterocycles. The third kappa shape index (κ3) is 3.38. The van der Waals surface area contributed by atoms with Crippen molar-refractivity contribution in [1.82, 2.24) is 5.32 Å². The molecule has 0 aliphatic heterocycles. The molecule has 0 amide bonds. The van der Waals surface area contributed by atoms with Crippen molar-refractivity contribution in [3.63, 3.8) is 0 Å². The molecular formula is C11H11F6N. The van der Waals surface area contributed by atoms with Gasteiger partial charge in [0, 0.05) is 17.7 Å². The first-order chi connectivity index (χ1) is 8.27. The third-order valence-electron chi connectivity index (χ3n) is 2.26. The van der Waals surface area contributed by atoms with Crippen LogP contribution in [0.25, 0.3) is 0 Å². The van der Waals surface area contributed by atoms with Crippen LogP contribution in [0.15, 0.2) is 12.1 Å². The minimum absolute atomic E-state index is 0.0690. The monoisotopic (exact) mass is 271 g/mol. The summed E-state index contributed by atoms with van der Waals surface area (Å²) in [6.45, 7) is 1.54. The summed E-state index contributed by atoms with van der Waals surface area (Å²) in [6, 6.07) is -2.03. The quantitative estimate of drug-likeness (QED) is 0.823. The highest BCUT2D eigenvalue weighted by Crippen LogP contribution is 2.35. The highest BCUT2D eigenvalue weighted by molar-refractivity contribution is 5.25. The molecular weight excluding hydrogens is 260 g/mol. The van der Waals surface area contributed by atoms with Gasteiger partial charge in [-0.2, -0.15) is 13.2 Å². The number of benzene rings is 1. The number of hydrogen-bond acceptors (Lipinski definition) is 1. The van der Waals surface area contributed by atoms with Gasteiger partial charge in [-0.15, -0.1) is 0 Å². The van der Waals surface area contributed by atoms with Crippen LogP contribution in [0.2, 0.25) is 0 Å². The average molecular weight is 271 g/mol. The van der Waals surface area contributed by atoms with Crippen molar-refractivity contribution in [3.8, 4) is 0 Å². The van der Waals surface area contributed by atoms with Gasteiger partial charge in [-0.1, -0.05) is 6.92 Å². The molecule has 0 aliphatic rings. The van der Waals surface area contributed by atoms with Crippen molar-refractivity contribution >= 4 is 0 Å². The summed E-state index contributed by atoms with van der Waals surface area (Å²) < 4.78 is 77.3. The van der Waals surface area contributed by atoms with Gasteiger partial charge in [0.05, 0.1) is 0 Å². The van der Waals surface area contributed by atoms with Crippen LogP contribution < -0.4 is 5.32 Å². The van der Waals surface area contributed by atoms with Crippen LogP contribution in [0.4, 0.5) is 26.3 Å². The maximum atomic E-state index is 13.3. The van der Waals surface area contributed by atoms with Gasteiger partial charge in [-0.3, -0.25) is 0 Å². The lowest BCUT2D eigenvalue weighted by molar-refractivity contribution is -0.159. The van der Waals surface area contributed by atoms with Crippen LogP contribution in [-0.4, -0.2) is 12.7 Å². The van der Waals surface area contributed by atoms with Crippen LogP contribution in [0.5, 0.6) is 0 Å². The van der Waals surface area contributed by atoms with Gasteiger partial charge >= 0.3 is 6.18 Å². The molecule has 1 N–H and O–H groups in total. The summed E-state index contributed by atoms with van der Waals surface area (Å²) in [5, 5.41) is 2.00. The fraction of sp³-hybridized carbons (Fsp3) is 0.455. The van der Waals surface area contributed by atoms with Crippen molar-refractivity contribution in [2.75, 3.05) is 6.54 Å². The molecule has 0 aliphatic carbocycles. The van der Waals surface area contributed by atoms with Gasteiger partial charge in [0.25, 0.3) is 0 Å². The lowest BCUT2D eigenvalue weighted by atomic mass is 10.0. The Morgan fingerprint density at radius 3 is 2.00 bits per heavy atom. The molecule has 0 saturated heterocycles. The van der Waals surface area contributed by atoms with E-state index < -0.39 is 35.2 Å². The zero-order valence-electron chi connectivity index (χ0n) is 9.41. The molecule has 0 radical (unpaired) electrons. The Kier molecular flexibility index (Phi) is 4.61. The summed E-state index contributed by atoms with van der Waals surface area (Å²) in [7, 11) is 0. The maximum absolute atomic E-state index is 13.3.